The van der Waals surface area contributed by atoms with Gasteiger partial charge in [-0.25, -0.2) is 4.79 Å². The third-order valence-electron chi connectivity index (χ3n) is 8.01. The summed E-state index contributed by atoms with van der Waals surface area (Å²) < 4.78 is 0. The lowest BCUT2D eigenvalue weighted by Gasteiger charge is -2.25. The summed E-state index contributed by atoms with van der Waals surface area (Å²) in [6, 6.07) is 3.40. The average Bonchev–Trinajstić information content (AvgIpc) is 3.11. The van der Waals surface area contributed by atoms with Gasteiger partial charge in [0.15, 0.2) is 5.96 Å². The molecule has 5 atom stereocenters. The molecule has 1 rings (SSSR count). The van der Waals surface area contributed by atoms with Gasteiger partial charge in [0.1, 0.15) is 24.2 Å². The van der Waals surface area contributed by atoms with Crippen molar-refractivity contribution in [3.8, 4) is 0 Å². The summed E-state index contributed by atoms with van der Waals surface area (Å²) in [5.41, 5.74) is 17.4. The molecule has 1 aromatic carbocycles. The quantitative estimate of drug-likeness (QED) is 0.0298. The second-order valence-electron chi connectivity index (χ2n) is 13.9. The molecule has 0 radical (unpaired) electrons. The van der Waals surface area contributed by atoms with E-state index in [4.69, 9.17) is 17.2 Å². The Kier molecular flexibility index (Phi) is 22.7. The molecule has 308 valence electrons. The van der Waals surface area contributed by atoms with Crippen LogP contribution >= 0.6 is 11.8 Å². The summed E-state index contributed by atoms with van der Waals surface area (Å²) in [5, 5.41) is 25.0. The minimum Gasteiger partial charge on any atom is -0.480 e. The zero-order valence-electron chi connectivity index (χ0n) is 32.4. The first-order chi connectivity index (χ1) is 25.9. The molecule has 0 spiro atoms. The summed E-state index contributed by atoms with van der Waals surface area (Å²) in [7, 11) is 0. The molecular weight excluding hydrogens is 733 g/mol. The fourth-order valence-corrected chi connectivity index (χ4v) is 5.74. The van der Waals surface area contributed by atoms with Crippen LogP contribution in [0.15, 0.2) is 35.3 Å². The number of hydrogen-bond acceptors (Lipinski definition) is 10. The maximum Gasteiger partial charge on any atom is 0.326 e. The van der Waals surface area contributed by atoms with Crippen LogP contribution in [0.4, 0.5) is 0 Å². The van der Waals surface area contributed by atoms with E-state index < -0.39 is 84.7 Å². The van der Waals surface area contributed by atoms with E-state index in [9.17, 15) is 38.7 Å². The van der Waals surface area contributed by atoms with Crippen molar-refractivity contribution in [1.29, 1.82) is 0 Å². The predicted octanol–water partition coefficient (Wildman–Crippen LogP) is -1.29. The number of amides is 6. The van der Waals surface area contributed by atoms with Gasteiger partial charge < -0.3 is 54.2 Å². The van der Waals surface area contributed by atoms with Crippen molar-refractivity contribution in [2.75, 3.05) is 31.6 Å². The van der Waals surface area contributed by atoms with Crippen molar-refractivity contribution >= 4 is 59.1 Å². The second-order valence-corrected chi connectivity index (χ2v) is 14.9. The number of hydrogen-bond donors (Lipinski definition) is 10. The topological polar surface area (TPSA) is 302 Å². The zero-order chi connectivity index (χ0) is 41.5. The van der Waals surface area contributed by atoms with Crippen molar-refractivity contribution in [3.05, 3.63) is 35.9 Å². The number of aliphatic imine (C=N–C) groups is 1. The molecule has 0 aliphatic carbocycles. The first-order valence-corrected chi connectivity index (χ1v) is 19.6. The second kappa shape index (κ2) is 26.0. The number of aliphatic carboxylic acids is 1. The van der Waals surface area contributed by atoms with Crippen LogP contribution in [0, 0.1) is 11.8 Å². The molecule has 0 heterocycles. The summed E-state index contributed by atoms with van der Waals surface area (Å²) in [6.45, 7) is 6.66. The number of nitrogens with one attached hydrogen (secondary N) is 6. The van der Waals surface area contributed by atoms with Gasteiger partial charge in [0, 0.05) is 13.0 Å². The molecule has 55 heavy (non-hydrogen) atoms. The number of rotatable bonds is 26. The van der Waals surface area contributed by atoms with E-state index in [-0.39, 0.29) is 56.4 Å². The van der Waals surface area contributed by atoms with Gasteiger partial charge in [-0.2, -0.15) is 11.8 Å². The molecule has 0 aliphatic heterocycles. The minimum atomic E-state index is -1.24. The van der Waals surface area contributed by atoms with Gasteiger partial charge in [0.2, 0.25) is 35.4 Å². The van der Waals surface area contributed by atoms with E-state index in [0.717, 1.165) is 0 Å². The van der Waals surface area contributed by atoms with Crippen LogP contribution in [0.2, 0.25) is 0 Å². The highest BCUT2D eigenvalue weighted by Crippen LogP contribution is 2.09. The normalized spacial score (nSPS) is 13.7. The lowest BCUT2D eigenvalue weighted by molar-refractivity contribution is -0.142. The van der Waals surface area contributed by atoms with E-state index in [1.807, 2.05) is 34.0 Å². The number of carbonyl (C=O) groups excluding carboxylic acids is 6. The van der Waals surface area contributed by atoms with Crippen LogP contribution < -0.4 is 49.1 Å². The van der Waals surface area contributed by atoms with Crippen molar-refractivity contribution in [2.45, 2.75) is 96.4 Å². The molecular formula is C36H60N10O8S. The maximum absolute atomic E-state index is 13.5. The third kappa shape index (κ3) is 20.9. The lowest BCUT2D eigenvalue weighted by Crippen LogP contribution is -2.56. The van der Waals surface area contributed by atoms with Crippen molar-refractivity contribution in [3.63, 3.8) is 0 Å². The molecule has 0 aliphatic rings. The molecule has 1 aromatic rings. The Labute approximate surface area is 327 Å². The largest absolute Gasteiger partial charge is 0.480 e. The van der Waals surface area contributed by atoms with Crippen LogP contribution in [0.25, 0.3) is 0 Å². The highest BCUT2D eigenvalue weighted by molar-refractivity contribution is 7.98. The number of carboxylic acid groups (broad SMARTS) is 1. The highest BCUT2D eigenvalue weighted by Gasteiger charge is 2.30. The molecule has 0 unspecified atom stereocenters. The Hall–Kier alpha value is -4.91. The smallest absolute Gasteiger partial charge is 0.326 e. The lowest BCUT2D eigenvalue weighted by atomic mass is 10.0. The Morgan fingerprint density at radius 3 is 1.75 bits per heavy atom. The van der Waals surface area contributed by atoms with Crippen LogP contribution in [-0.4, -0.2) is 114 Å². The summed E-state index contributed by atoms with van der Waals surface area (Å²) in [6.07, 6.45) is 3.01. The number of nitrogens with two attached hydrogens (primary N) is 3. The van der Waals surface area contributed by atoms with E-state index in [1.54, 1.807) is 30.3 Å². The molecule has 0 bridgehead atoms. The van der Waals surface area contributed by atoms with Crippen LogP contribution in [0.5, 0.6) is 0 Å². The first-order valence-electron chi connectivity index (χ1n) is 18.2. The molecule has 19 heteroatoms. The van der Waals surface area contributed by atoms with Crippen LogP contribution in [0.3, 0.4) is 0 Å². The van der Waals surface area contributed by atoms with Crippen LogP contribution in [-0.2, 0) is 40.0 Å². The molecule has 0 saturated heterocycles. The van der Waals surface area contributed by atoms with Crippen molar-refractivity contribution < 1.29 is 38.7 Å². The van der Waals surface area contributed by atoms with Gasteiger partial charge in [0.05, 0.1) is 19.1 Å². The van der Waals surface area contributed by atoms with Crippen LogP contribution in [0.1, 0.15) is 65.4 Å². The number of carbonyl (C=O) groups is 7. The standard InChI is InChI=1S/C36H60N10O8S/c1-21(2)16-24(37)31(49)41-19-29(47)43-25(12-9-14-40-36(38)39)33(51)45-27(17-22(3)4)32(50)42-20-30(48)44-26(13-15-55-5)34(52)46-28(35(53)54)18-23-10-7-6-8-11-23/h6-8,10-11,21-22,24-28H,9,12-20,37H2,1-5H3,(H,41,49)(H,42,50)(H,43,47)(H,44,48)(H,45,51)(H,46,52)(H,53,54)(H4,38,39,40)/t24-,25-,26-,27-,28-/m0/s1. The molecule has 0 saturated carbocycles. The Morgan fingerprint density at radius 1 is 0.709 bits per heavy atom. The first kappa shape index (κ1) is 48.1. The minimum absolute atomic E-state index is 0.0364. The van der Waals surface area contributed by atoms with Gasteiger partial charge in [0.25, 0.3) is 0 Å². The Balaban J connectivity index is 2.98. The summed E-state index contributed by atoms with van der Waals surface area (Å²) in [5.74, 6) is -4.77. The van der Waals surface area contributed by atoms with Gasteiger partial charge in [-0.3, -0.25) is 33.8 Å². The maximum atomic E-state index is 13.5. The Bertz CT molecular complexity index is 1440. The van der Waals surface area contributed by atoms with Gasteiger partial charge in [-0.15, -0.1) is 0 Å². The number of benzene rings is 1. The number of carboxylic acids is 1. The van der Waals surface area contributed by atoms with Gasteiger partial charge in [-0.1, -0.05) is 58.0 Å². The zero-order valence-corrected chi connectivity index (χ0v) is 33.2. The molecule has 13 N–H and O–H groups in total. The van der Waals surface area contributed by atoms with Gasteiger partial charge >= 0.3 is 5.97 Å². The fraction of sp³-hybridized carbons (Fsp3) is 0.611. The summed E-state index contributed by atoms with van der Waals surface area (Å²) in [4.78, 5) is 94.0. The van der Waals surface area contributed by atoms with Gasteiger partial charge in [-0.05, 0) is 61.5 Å². The van der Waals surface area contributed by atoms with E-state index in [0.29, 0.717) is 17.7 Å². The number of thioether (sulfide) groups is 1. The van der Waals surface area contributed by atoms with E-state index >= 15 is 0 Å². The van der Waals surface area contributed by atoms with Crippen molar-refractivity contribution in [2.24, 2.45) is 34.0 Å². The predicted molar refractivity (Wildman–Crippen MR) is 211 cm³/mol. The highest BCUT2D eigenvalue weighted by atomic mass is 32.2. The van der Waals surface area contributed by atoms with E-state index in [2.05, 4.69) is 36.9 Å². The number of nitrogens with zero attached hydrogens (tertiary/aromatic N) is 1. The molecule has 0 aromatic heterocycles. The fourth-order valence-electron chi connectivity index (χ4n) is 5.27. The monoisotopic (exact) mass is 792 g/mol. The number of guanidine groups is 1. The third-order valence-corrected chi connectivity index (χ3v) is 8.65. The van der Waals surface area contributed by atoms with E-state index in [1.165, 1.54) is 11.8 Å². The summed E-state index contributed by atoms with van der Waals surface area (Å²) >= 11 is 1.43. The Morgan fingerprint density at radius 2 is 1.24 bits per heavy atom. The molecule has 0 fully saturated rings. The molecule has 18 nitrogen and oxygen atoms in total. The van der Waals surface area contributed by atoms with Crippen molar-refractivity contribution in [1.82, 2.24) is 31.9 Å². The average molecular weight is 793 g/mol. The molecule has 6 amide bonds. The SMILES string of the molecule is CSCC[C@H](NC(=O)CNC(=O)[C@H](CC(C)C)NC(=O)[C@H](CCCN=C(N)N)NC(=O)CNC(=O)[C@@H](N)CC(C)C)C(=O)N[C@@H](Cc1ccccc1)C(=O)O.